The molecule has 0 aliphatic rings. The second-order valence-electron chi connectivity index (χ2n) is 7.07. The summed E-state index contributed by atoms with van der Waals surface area (Å²) in [7, 11) is 1.81. The molecule has 0 amide bonds. The van der Waals surface area contributed by atoms with Crippen LogP contribution in [-0.4, -0.2) is 47.7 Å². The predicted molar refractivity (Wildman–Crippen MR) is 149 cm³/mol. The van der Waals surface area contributed by atoms with Crippen molar-refractivity contribution in [3.63, 3.8) is 0 Å². The Hall–Kier alpha value is -4.60. The Labute approximate surface area is 211 Å². The first-order valence-electron chi connectivity index (χ1n) is 11.1. The Morgan fingerprint density at radius 2 is 1.97 bits per heavy atom. The monoisotopic (exact) mass is 493 g/mol. The van der Waals surface area contributed by atoms with Crippen molar-refractivity contribution in [2.24, 2.45) is 10.7 Å². The average Bonchev–Trinajstić information content (AvgIpc) is 2.89. The number of benzene rings is 1. The number of carbonyl (C=O) groups excluding carboxylic acids is 1. The molecular weight excluding hydrogens is 458 g/mol. The molecule has 2 rings (SSSR count). The van der Waals surface area contributed by atoms with Crippen LogP contribution in [0.15, 0.2) is 59.1 Å². The topological polar surface area (TPSA) is 191 Å². The number of amidine groups is 1. The number of nitrogens with zero attached hydrogens (tertiary/aromatic N) is 2. The highest BCUT2D eigenvalue weighted by Gasteiger charge is 1.98. The molecular formula is C26H35N7O3. The average molecular weight is 494 g/mol. The van der Waals surface area contributed by atoms with Gasteiger partial charge in [0.15, 0.2) is 6.29 Å². The van der Waals surface area contributed by atoms with E-state index < -0.39 is 5.97 Å². The molecule has 10 heteroatoms. The number of anilines is 2. The van der Waals surface area contributed by atoms with Gasteiger partial charge in [0.1, 0.15) is 11.7 Å². The highest BCUT2D eigenvalue weighted by Crippen LogP contribution is 2.18. The summed E-state index contributed by atoms with van der Waals surface area (Å²) in [5.74, 6) is 0.436. The molecule has 0 bridgehead atoms. The van der Waals surface area contributed by atoms with Crippen LogP contribution in [0.25, 0.3) is 6.08 Å². The van der Waals surface area contributed by atoms with E-state index in [-0.39, 0.29) is 0 Å². The summed E-state index contributed by atoms with van der Waals surface area (Å²) >= 11 is 0. The van der Waals surface area contributed by atoms with E-state index in [1.807, 2.05) is 32.2 Å². The first-order chi connectivity index (χ1) is 17.2. The first-order valence-corrected chi connectivity index (χ1v) is 11.1. The van der Waals surface area contributed by atoms with Crippen LogP contribution >= 0.6 is 0 Å². The molecule has 36 heavy (non-hydrogen) atoms. The highest BCUT2D eigenvalue weighted by molar-refractivity contribution is 6.00. The molecule has 2 aromatic rings. The van der Waals surface area contributed by atoms with Crippen molar-refractivity contribution >= 4 is 53.8 Å². The van der Waals surface area contributed by atoms with Crippen LogP contribution in [-0.2, 0) is 9.59 Å². The number of nitrogens with two attached hydrogens (primary N) is 2. The van der Waals surface area contributed by atoms with Gasteiger partial charge in [-0.05, 0) is 55.8 Å². The minimum Gasteiger partial charge on any atom is -0.481 e. The second-order valence-corrected chi connectivity index (χ2v) is 7.07. The number of rotatable bonds is 10. The van der Waals surface area contributed by atoms with E-state index in [0.717, 1.165) is 30.6 Å². The van der Waals surface area contributed by atoms with Crippen LogP contribution in [0.1, 0.15) is 44.4 Å². The minimum absolute atomic E-state index is 0.316. The number of unbranched alkanes of at least 4 members (excludes halogenated alkanes) is 1. The van der Waals surface area contributed by atoms with Crippen molar-refractivity contribution < 1.29 is 14.7 Å². The molecule has 0 atom stereocenters. The number of pyridine rings is 1. The van der Waals surface area contributed by atoms with Crippen LogP contribution in [0.5, 0.6) is 0 Å². The van der Waals surface area contributed by atoms with Crippen LogP contribution in [0, 0.1) is 10.8 Å². The smallest absolute Gasteiger partial charge is 0.303 e. The summed E-state index contributed by atoms with van der Waals surface area (Å²) in [6.07, 6.45) is 9.99. The molecule has 10 nitrogen and oxygen atoms in total. The number of nitrogens with one attached hydrogen (secondary N) is 3. The summed E-state index contributed by atoms with van der Waals surface area (Å²) in [6, 6.07) is 10.8. The zero-order chi connectivity index (χ0) is 27.3. The third-order valence-electron chi connectivity index (χ3n) is 4.32. The zero-order valence-electron chi connectivity index (χ0n) is 20.9. The zero-order valence-corrected chi connectivity index (χ0v) is 20.9. The largest absolute Gasteiger partial charge is 0.481 e. The number of aliphatic carboxylic acids is 1. The molecule has 0 saturated carbocycles. The Balaban J connectivity index is 0.000000720. The minimum atomic E-state index is -0.693. The molecule has 0 fully saturated rings. The summed E-state index contributed by atoms with van der Waals surface area (Å²) < 4.78 is 0. The van der Waals surface area contributed by atoms with Gasteiger partial charge in [-0.2, -0.15) is 0 Å². The molecule has 1 heterocycles. The SMILES string of the molecule is C/C=C(\C=N)C=O.CCCCC(=O)O.CNc1cccc(/C=C/C(N)=Nc2ccc(N)c(C=N)c2)n1. The Morgan fingerprint density at radius 1 is 1.25 bits per heavy atom. The molecule has 0 unspecified atom stereocenters. The lowest BCUT2D eigenvalue weighted by Gasteiger charge is -2.02. The van der Waals surface area contributed by atoms with Gasteiger partial charge in [-0.1, -0.05) is 25.5 Å². The van der Waals surface area contributed by atoms with E-state index in [9.17, 15) is 9.59 Å². The highest BCUT2D eigenvalue weighted by atomic mass is 16.4. The number of aromatic nitrogens is 1. The van der Waals surface area contributed by atoms with Gasteiger partial charge in [-0.25, -0.2) is 9.98 Å². The van der Waals surface area contributed by atoms with E-state index in [2.05, 4.69) is 15.3 Å². The standard InChI is InChI=1S/C16H18N6.C5H7NO.C5H10O2/c1-20-16-4-2-3-12(22-16)6-8-15(19)21-13-5-7-14(18)11(9-13)10-17;1-2-5(3-6)4-7;1-2-3-4-5(6)7/h2-10,17H,18H2,1H3,(H2,19,21)(H,20,22);2-4,6H,1H3;2-4H2,1H3,(H,6,7)/b8-6+,17-10?;5-2+,6-3?;. The lowest BCUT2D eigenvalue weighted by Crippen LogP contribution is -2.07. The second kappa shape index (κ2) is 18.8. The van der Waals surface area contributed by atoms with Crippen LogP contribution in [0.4, 0.5) is 17.2 Å². The number of carboxylic acids is 1. The number of aldehydes is 1. The van der Waals surface area contributed by atoms with Crippen molar-refractivity contribution in [1.82, 2.24) is 4.98 Å². The molecule has 0 aliphatic carbocycles. The molecule has 0 saturated heterocycles. The maximum atomic E-state index is 9.76. The summed E-state index contributed by atoms with van der Waals surface area (Å²) in [5.41, 5.74) is 14.6. The van der Waals surface area contributed by atoms with Crippen LogP contribution < -0.4 is 16.8 Å². The number of carbonyl (C=O) groups is 2. The maximum absolute atomic E-state index is 9.76. The number of hydrogen-bond acceptors (Lipinski definition) is 8. The van der Waals surface area contributed by atoms with Gasteiger partial charge < -0.3 is 32.7 Å². The van der Waals surface area contributed by atoms with E-state index in [1.54, 1.807) is 43.4 Å². The lowest BCUT2D eigenvalue weighted by molar-refractivity contribution is -0.137. The molecule has 1 aromatic carbocycles. The molecule has 0 aliphatic heterocycles. The Bertz CT molecular complexity index is 1080. The Kier molecular flexibility index (Phi) is 16.4. The van der Waals surface area contributed by atoms with Crippen molar-refractivity contribution in [1.29, 1.82) is 10.8 Å². The van der Waals surface area contributed by atoms with Crippen LogP contribution in [0.2, 0.25) is 0 Å². The van der Waals surface area contributed by atoms with E-state index in [1.165, 1.54) is 6.21 Å². The lowest BCUT2D eigenvalue weighted by atomic mass is 10.2. The van der Waals surface area contributed by atoms with E-state index >= 15 is 0 Å². The third kappa shape index (κ3) is 13.8. The summed E-state index contributed by atoms with van der Waals surface area (Å²) in [4.78, 5) is 28.1. The van der Waals surface area contributed by atoms with Gasteiger partial charge in [0, 0.05) is 42.7 Å². The molecule has 0 radical (unpaired) electrons. The molecule has 0 spiro atoms. The normalized spacial score (nSPS) is 10.9. The number of aliphatic imine (C=N–C) groups is 1. The van der Waals surface area contributed by atoms with E-state index in [0.29, 0.717) is 41.1 Å². The Morgan fingerprint density at radius 3 is 2.44 bits per heavy atom. The molecule has 192 valence electrons. The number of nitrogen functional groups attached to an aromatic ring is 1. The maximum Gasteiger partial charge on any atom is 0.303 e. The van der Waals surface area contributed by atoms with Crippen LogP contribution in [0.3, 0.4) is 0 Å². The van der Waals surface area contributed by atoms with Gasteiger partial charge in [0.25, 0.3) is 0 Å². The van der Waals surface area contributed by atoms with Gasteiger partial charge in [-0.3, -0.25) is 9.59 Å². The van der Waals surface area contributed by atoms with Crippen molar-refractivity contribution in [3.05, 3.63) is 65.4 Å². The summed E-state index contributed by atoms with van der Waals surface area (Å²) in [6.45, 7) is 3.69. The predicted octanol–water partition coefficient (Wildman–Crippen LogP) is 4.45. The number of allylic oxidation sites excluding steroid dienone is 2. The third-order valence-corrected chi connectivity index (χ3v) is 4.32. The quantitative estimate of drug-likeness (QED) is 0.0925. The van der Waals surface area contributed by atoms with Crippen molar-refractivity contribution in [2.45, 2.75) is 33.1 Å². The molecule has 8 N–H and O–H groups in total. The summed E-state index contributed by atoms with van der Waals surface area (Å²) in [5, 5.41) is 24.8. The first kappa shape index (κ1) is 31.4. The van der Waals surface area contributed by atoms with Crippen molar-refractivity contribution in [3.8, 4) is 0 Å². The van der Waals surface area contributed by atoms with Gasteiger partial charge >= 0.3 is 5.97 Å². The number of carboxylic acid groups (broad SMARTS) is 1. The number of hydrogen-bond donors (Lipinski definition) is 6. The fraction of sp³-hybridized carbons (Fsp3) is 0.231. The van der Waals surface area contributed by atoms with Gasteiger partial charge in [0.05, 0.1) is 11.4 Å². The van der Waals surface area contributed by atoms with Crippen molar-refractivity contribution in [2.75, 3.05) is 18.1 Å². The molecule has 1 aromatic heterocycles. The van der Waals surface area contributed by atoms with Gasteiger partial charge in [0.2, 0.25) is 0 Å². The van der Waals surface area contributed by atoms with Gasteiger partial charge in [-0.15, -0.1) is 0 Å². The fourth-order valence-corrected chi connectivity index (χ4v) is 2.31. The van der Waals surface area contributed by atoms with E-state index in [4.69, 9.17) is 27.4 Å². The fourth-order valence-electron chi connectivity index (χ4n) is 2.31.